The predicted octanol–water partition coefficient (Wildman–Crippen LogP) is -0.727. The normalized spacial score (nSPS) is 11.5. The molecule has 0 saturated heterocycles. The summed E-state index contributed by atoms with van der Waals surface area (Å²) >= 11 is 0. The molecular formula is C11H20N4O3S. The molecule has 0 spiro atoms. The van der Waals surface area contributed by atoms with Gasteiger partial charge in [0.25, 0.3) is 5.91 Å². The highest BCUT2D eigenvalue weighted by Crippen LogP contribution is 2.13. The van der Waals surface area contributed by atoms with Crippen LogP contribution in [0.1, 0.15) is 16.9 Å². The van der Waals surface area contributed by atoms with Crippen LogP contribution in [0.4, 0.5) is 0 Å². The van der Waals surface area contributed by atoms with Gasteiger partial charge in [-0.3, -0.25) is 4.79 Å². The molecular weight excluding hydrogens is 268 g/mol. The number of aromatic nitrogens is 1. The summed E-state index contributed by atoms with van der Waals surface area (Å²) in [7, 11) is 1.37. The fourth-order valence-electron chi connectivity index (χ4n) is 1.59. The van der Waals surface area contributed by atoms with Gasteiger partial charge in [0.15, 0.2) is 0 Å². The van der Waals surface area contributed by atoms with E-state index in [-0.39, 0.29) is 10.8 Å². The second-order valence-corrected chi connectivity index (χ2v) is 5.87. The molecule has 1 aromatic rings. The Kier molecular flexibility index (Phi) is 5.52. The number of carbonyl (C=O) groups excluding carboxylic acids is 1. The zero-order chi connectivity index (χ0) is 14.5. The number of rotatable bonds is 7. The van der Waals surface area contributed by atoms with Crippen LogP contribution in [0.25, 0.3) is 0 Å². The average molecular weight is 288 g/mol. The monoisotopic (exact) mass is 288 g/mol. The van der Waals surface area contributed by atoms with E-state index in [0.29, 0.717) is 18.7 Å². The zero-order valence-electron chi connectivity index (χ0n) is 11.4. The molecule has 0 unspecified atom stereocenters. The first kappa shape index (κ1) is 15.7. The van der Waals surface area contributed by atoms with E-state index < -0.39 is 10.0 Å². The number of aryl methyl sites for hydroxylation is 1. The predicted molar refractivity (Wildman–Crippen MR) is 72.5 cm³/mol. The Labute approximate surface area is 113 Å². The number of sulfonamides is 1. The van der Waals surface area contributed by atoms with Crippen LogP contribution in [0.5, 0.6) is 0 Å². The third-order valence-corrected chi connectivity index (χ3v) is 4.07. The van der Waals surface area contributed by atoms with Crippen molar-refractivity contribution in [3.63, 3.8) is 0 Å². The number of carbonyl (C=O) groups is 1. The van der Waals surface area contributed by atoms with Gasteiger partial charge in [-0.15, -0.1) is 0 Å². The van der Waals surface area contributed by atoms with Gasteiger partial charge >= 0.3 is 0 Å². The highest BCUT2D eigenvalue weighted by molar-refractivity contribution is 7.89. The van der Waals surface area contributed by atoms with Crippen molar-refractivity contribution in [3.05, 3.63) is 18.0 Å². The van der Waals surface area contributed by atoms with Gasteiger partial charge in [0.1, 0.15) is 10.6 Å². The minimum absolute atomic E-state index is 0.0954. The summed E-state index contributed by atoms with van der Waals surface area (Å²) in [5, 5.41) is 5.40. The average Bonchev–Trinajstić information content (AvgIpc) is 2.77. The van der Waals surface area contributed by atoms with E-state index in [1.807, 2.05) is 0 Å². The van der Waals surface area contributed by atoms with Crippen molar-refractivity contribution in [2.45, 2.75) is 11.3 Å². The van der Waals surface area contributed by atoms with Gasteiger partial charge in [0, 0.05) is 26.8 Å². The molecule has 0 bridgehead atoms. The molecule has 0 radical (unpaired) electrons. The molecule has 19 heavy (non-hydrogen) atoms. The summed E-state index contributed by atoms with van der Waals surface area (Å²) in [6, 6.07) is 1.36. The fraction of sp³-hybridized carbons (Fsp3) is 0.545. The summed E-state index contributed by atoms with van der Waals surface area (Å²) in [5.41, 5.74) is 0.304. The smallest absolute Gasteiger partial charge is 0.267 e. The molecule has 1 rings (SSSR count). The number of amides is 1. The Morgan fingerprint density at radius 2 is 2.00 bits per heavy atom. The molecule has 108 valence electrons. The van der Waals surface area contributed by atoms with Crippen LogP contribution in [0.3, 0.4) is 0 Å². The van der Waals surface area contributed by atoms with Crippen molar-refractivity contribution in [1.29, 1.82) is 0 Å². The molecule has 1 heterocycles. The van der Waals surface area contributed by atoms with Gasteiger partial charge in [-0.25, -0.2) is 13.1 Å². The zero-order valence-corrected chi connectivity index (χ0v) is 12.2. The first-order valence-electron chi connectivity index (χ1n) is 5.95. The number of nitrogens with zero attached hydrogens (tertiary/aromatic N) is 1. The van der Waals surface area contributed by atoms with E-state index in [1.54, 1.807) is 14.1 Å². The summed E-state index contributed by atoms with van der Waals surface area (Å²) < 4.78 is 28.0. The van der Waals surface area contributed by atoms with Crippen LogP contribution in [-0.2, 0) is 17.1 Å². The lowest BCUT2D eigenvalue weighted by Crippen LogP contribution is -2.26. The van der Waals surface area contributed by atoms with Crippen molar-refractivity contribution in [3.8, 4) is 0 Å². The van der Waals surface area contributed by atoms with E-state index in [9.17, 15) is 13.2 Å². The Hall–Kier alpha value is -1.38. The molecule has 0 aliphatic rings. The number of nitrogens with one attached hydrogen (secondary N) is 3. The van der Waals surface area contributed by atoms with E-state index in [1.165, 1.54) is 23.9 Å². The van der Waals surface area contributed by atoms with Crippen molar-refractivity contribution < 1.29 is 13.2 Å². The maximum Gasteiger partial charge on any atom is 0.267 e. The maximum atomic E-state index is 12.0. The second-order valence-electron chi connectivity index (χ2n) is 4.11. The molecule has 0 aromatic carbocycles. The van der Waals surface area contributed by atoms with Crippen LogP contribution in [0.2, 0.25) is 0 Å². The molecule has 0 aliphatic carbocycles. The minimum Gasteiger partial charge on any atom is -0.354 e. The Morgan fingerprint density at radius 3 is 2.58 bits per heavy atom. The van der Waals surface area contributed by atoms with Gasteiger partial charge in [0.05, 0.1) is 0 Å². The quantitative estimate of drug-likeness (QED) is 0.577. The maximum absolute atomic E-state index is 12.0. The number of hydrogen-bond donors (Lipinski definition) is 3. The molecule has 0 fully saturated rings. The third-order valence-electron chi connectivity index (χ3n) is 2.65. The summed E-state index contributed by atoms with van der Waals surface area (Å²) in [6.07, 6.45) is 2.12. The lowest BCUT2D eigenvalue weighted by atomic mass is 10.4. The molecule has 1 aromatic heterocycles. The van der Waals surface area contributed by atoms with Crippen LogP contribution in [-0.4, -0.2) is 46.1 Å². The Balaban J connectivity index is 2.82. The molecule has 0 aliphatic heterocycles. The van der Waals surface area contributed by atoms with Gasteiger partial charge in [0.2, 0.25) is 10.0 Å². The molecule has 0 atom stereocenters. The van der Waals surface area contributed by atoms with E-state index in [4.69, 9.17) is 0 Å². The van der Waals surface area contributed by atoms with Gasteiger partial charge in [-0.2, -0.15) is 0 Å². The number of hydrogen-bond acceptors (Lipinski definition) is 4. The highest BCUT2D eigenvalue weighted by atomic mass is 32.2. The topological polar surface area (TPSA) is 92.2 Å². The van der Waals surface area contributed by atoms with E-state index in [0.717, 1.165) is 6.54 Å². The second kappa shape index (κ2) is 6.69. The largest absolute Gasteiger partial charge is 0.354 e. The van der Waals surface area contributed by atoms with Gasteiger partial charge in [-0.05, 0) is 26.1 Å². The minimum atomic E-state index is -3.56. The summed E-state index contributed by atoms with van der Waals surface area (Å²) in [6.45, 7) is 1.09. The third kappa shape index (κ3) is 4.05. The fourth-order valence-corrected chi connectivity index (χ4v) is 2.73. The Morgan fingerprint density at radius 1 is 1.32 bits per heavy atom. The van der Waals surface area contributed by atoms with Crippen molar-refractivity contribution in [1.82, 2.24) is 19.9 Å². The van der Waals surface area contributed by atoms with Gasteiger partial charge in [-0.1, -0.05) is 0 Å². The molecule has 1 amide bonds. The molecule has 3 N–H and O–H groups in total. The molecule has 8 heteroatoms. The van der Waals surface area contributed by atoms with Crippen molar-refractivity contribution in [2.24, 2.45) is 7.05 Å². The van der Waals surface area contributed by atoms with E-state index >= 15 is 0 Å². The SMILES string of the molecule is CNCCCNS(=O)(=O)c1cc(C(=O)NC)n(C)c1. The molecule has 7 nitrogen and oxygen atoms in total. The lowest BCUT2D eigenvalue weighted by Gasteiger charge is -2.04. The first-order chi connectivity index (χ1) is 8.92. The van der Waals surface area contributed by atoms with Gasteiger partial charge < -0.3 is 15.2 Å². The highest BCUT2D eigenvalue weighted by Gasteiger charge is 2.19. The van der Waals surface area contributed by atoms with E-state index in [2.05, 4.69) is 15.4 Å². The summed E-state index contributed by atoms with van der Waals surface area (Å²) in [4.78, 5) is 11.6. The van der Waals surface area contributed by atoms with Crippen LogP contribution in [0.15, 0.2) is 17.2 Å². The summed E-state index contributed by atoms with van der Waals surface area (Å²) in [5.74, 6) is -0.320. The standard InChI is InChI=1S/C11H20N4O3S/c1-12-5-4-6-14-19(17,18)9-7-10(11(16)13-2)15(3)8-9/h7-8,12,14H,4-6H2,1-3H3,(H,13,16). The van der Waals surface area contributed by atoms with Crippen LogP contribution < -0.4 is 15.4 Å². The Bertz CT molecular complexity index is 536. The molecule has 0 saturated carbocycles. The van der Waals surface area contributed by atoms with Crippen molar-refractivity contribution in [2.75, 3.05) is 27.2 Å². The van der Waals surface area contributed by atoms with Crippen LogP contribution in [0, 0.1) is 0 Å². The first-order valence-corrected chi connectivity index (χ1v) is 7.43. The van der Waals surface area contributed by atoms with Crippen molar-refractivity contribution >= 4 is 15.9 Å². The van der Waals surface area contributed by atoms with Crippen LogP contribution >= 0.6 is 0 Å². The lowest BCUT2D eigenvalue weighted by molar-refractivity contribution is 0.0955.